The molecule has 164 valence electrons. The number of methoxy groups -OCH3 is 2. The van der Waals surface area contributed by atoms with Crippen molar-refractivity contribution in [2.24, 2.45) is 5.92 Å². The number of hydrogen-bond acceptors (Lipinski definition) is 3. The van der Waals surface area contributed by atoms with Gasteiger partial charge in [0.1, 0.15) is 11.5 Å². The van der Waals surface area contributed by atoms with Crippen LogP contribution in [0.15, 0.2) is 66.8 Å². The Morgan fingerprint density at radius 1 is 0.806 bits per heavy atom. The van der Waals surface area contributed by atoms with Crippen LogP contribution in [0.25, 0.3) is 6.08 Å². The highest BCUT2D eigenvalue weighted by Crippen LogP contribution is 2.61. The van der Waals surface area contributed by atoms with Gasteiger partial charge in [0, 0.05) is 17.0 Å². The first-order valence-corrected chi connectivity index (χ1v) is 17.1. The Kier molecular flexibility index (Phi) is 6.03. The van der Waals surface area contributed by atoms with E-state index in [-0.39, 0.29) is 5.92 Å². The van der Waals surface area contributed by atoms with Gasteiger partial charge in [-0.1, -0.05) is 60.7 Å². The second-order valence-electron chi connectivity index (χ2n) is 9.69. The third-order valence-corrected chi connectivity index (χ3v) is 16.1. The predicted molar refractivity (Wildman–Crippen MR) is 134 cm³/mol. The number of ether oxygens (including phenoxy) is 2. The second-order valence-corrected chi connectivity index (χ2v) is 18.3. The second kappa shape index (κ2) is 8.45. The molecule has 1 saturated heterocycles. The van der Waals surface area contributed by atoms with Crippen molar-refractivity contribution in [2.75, 3.05) is 14.2 Å². The van der Waals surface area contributed by atoms with E-state index >= 15 is 0 Å². The van der Waals surface area contributed by atoms with Gasteiger partial charge < -0.3 is 13.6 Å². The number of para-hydroxylation sites is 2. The molecule has 1 heterocycles. The zero-order valence-electron chi connectivity index (χ0n) is 19.5. The number of fused-ring (bicyclic) bond motifs is 1. The lowest BCUT2D eigenvalue weighted by atomic mass is 9.78. The van der Waals surface area contributed by atoms with Crippen LogP contribution < -0.4 is 9.47 Å². The summed E-state index contributed by atoms with van der Waals surface area (Å²) in [4.78, 5) is 0. The molecule has 2 aliphatic rings. The van der Waals surface area contributed by atoms with Crippen LogP contribution in [0, 0.1) is 5.92 Å². The summed E-state index contributed by atoms with van der Waals surface area (Å²) in [5.74, 6) is 2.49. The first kappa shape index (κ1) is 22.1. The van der Waals surface area contributed by atoms with Crippen molar-refractivity contribution in [3.05, 3.63) is 77.9 Å². The topological polar surface area (TPSA) is 27.7 Å². The van der Waals surface area contributed by atoms with Gasteiger partial charge in [-0.15, -0.1) is 0 Å². The van der Waals surface area contributed by atoms with Crippen LogP contribution in [0.5, 0.6) is 11.5 Å². The standard InChI is InChI=1S/C26H34O3Si2/c1-27-23-13-9-7-11-19(23)15-16-22-20(21-12-8-10-14-24(21)28-2)17-18-25-26(22)31(5,6)29-30(25,3)4/h7-18,20,22,25-26H,1-6H3/b16-15+/t20-,22+,25-,26-/m1/s1. The Bertz CT molecular complexity index is 996. The van der Waals surface area contributed by atoms with E-state index in [1.807, 2.05) is 18.2 Å². The van der Waals surface area contributed by atoms with Gasteiger partial charge in [-0.2, -0.15) is 0 Å². The molecule has 31 heavy (non-hydrogen) atoms. The summed E-state index contributed by atoms with van der Waals surface area (Å²) in [6.45, 7) is 9.60. The zero-order chi connectivity index (χ0) is 22.2. The van der Waals surface area contributed by atoms with Crippen molar-refractivity contribution in [2.45, 2.75) is 43.2 Å². The van der Waals surface area contributed by atoms with E-state index in [1.165, 1.54) is 5.56 Å². The van der Waals surface area contributed by atoms with Crippen molar-refractivity contribution in [1.29, 1.82) is 0 Å². The number of hydrogen-bond donors (Lipinski definition) is 0. The van der Waals surface area contributed by atoms with Crippen molar-refractivity contribution >= 4 is 22.7 Å². The fourth-order valence-electron chi connectivity index (χ4n) is 5.84. The van der Waals surface area contributed by atoms with Crippen molar-refractivity contribution in [1.82, 2.24) is 0 Å². The molecule has 0 unspecified atom stereocenters. The SMILES string of the molecule is COc1ccccc1/C=C/[C@@H]1[C@@H]2[C@@H](C=C[C@@H]1c1ccccc1OC)[Si](C)(C)O[Si]2(C)C. The van der Waals surface area contributed by atoms with Crippen LogP contribution in [0.3, 0.4) is 0 Å². The van der Waals surface area contributed by atoms with E-state index in [0.717, 1.165) is 17.1 Å². The minimum atomic E-state index is -1.88. The summed E-state index contributed by atoms with van der Waals surface area (Å²) in [5, 5.41) is 0. The monoisotopic (exact) mass is 450 g/mol. The third kappa shape index (κ3) is 4.06. The Morgan fingerprint density at radius 2 is 1.45 bits per heavy atom. The molecule has 0 aromatic heterocycles. The molecule has 1 fully saturated rings. The molecule has 0 saturated carbocycles. The van der Waals surface area contributed by atoms with Gasteiger partial charge in [0.25, 0.3) is 0 Å². The quantitative estimate of drug-likeness (QED) is 0.367. The number of benzene rings is 2. The van der Waals surface area contributed by atoms with E-state index in [0.29, 0.717) is 17.0 Å². The summed E-state index contributed by atoms with van der Waals surface area (Å²) < 4.78 is 18.2. The fourth-order valence-corrected chi connectivity index (χ4v) is 18.6. The van der Waals surface area contributed by atoms with Gasteiger partial charge in [0.2, 0.25) is 0 Å². The Labute approximate surface area is 189 Å². The molecule has 5 heteroatoms. The number of rotatable bonds is 5. The lowest BCUT2D eigenvalue weighted by Gasteiger charge is -2.40. The zero-order valence-corrected chi connectivity index (χ0v) is 21.5. The van der Waals surface area contributed by atoms with Gasteiger partial charge in [0.15, 0.2) is 16.6 Å². The molecule has 4 atom stereocenters. The highest BCUT2D eigenvalue weighted by atomic mass is 28.4. The average molecular weight is 451 g/mol. The summed E-state index contributed by atoms with van der Waals surface area (Å²) in [7, 11) is -0.149. The summed E-state index contributed by atoms with van der Waals surface area (Å²) >= 11 is 0. The van der Waals surface area contributed by atoms with Gasteiger partial charge >= 0.3 is 0 Å². The van der Waals surface area contributed by atoms with Crippen LogP contribution in [0.1, 0.15) is 17.0 Å². The maximum absolute atomic E-state index is 6.89. The van der Waals surface area contributed by atoms with E-state index < -0.39 is 16.6 Å². The molecule has 0 N–H and O–H groups in total. The summed E-state index contributed by atoms with van der Waals surface area (Å²) in [5.41, 5.74) is 3.46. The molecule has 1 aliphatic heterocycles. The minimum Gasteiger partial charge on any atom is -0.496 e. The molecule has 2 aromatic rings. The molecule has 3 nitrogen and oxygen atoms in total. The fraction of sp³-hybridized carbons (Fsp3) is 0.385. The van der Waals surface area contributed by atoms with E-state index in [4.69, 9.17) is 13.6 Å². The normalized spacial score (nSPS) is 28.5. The van der Waals surface area contributed by atoms with E-state index in [2.05, 4.69) is 80.8 Å². The molecule has 2 aromatic carbocycles. The van der Waals surface area contributed by atoms with Gasteiger partial charge in [-0.3, -0.25) is 0 Å². The van der Waals surface area contributed by atoms with E-state index in [9.17, 15) is 0 Å². The molecule has 4 rings (SSSR count). The van der Waals surface area contributed by atoms with Gasteiger partial charge in [0.05, 0.1) is 14.2 Å². The van der Waals surface area contributed by atoms with Crippen molar-refractivity contribution in [3.63, 3.8) is 0 Å². The largest absolute Gasteiger partial charge is 0.496 e. The minimum absolute atomic E-state index is 0.265. The number of allylic oxidation sites excluding steroid dienone is 3. The Morgan fingerprint density at radius 3 is 2.16 bits per heavy atom. The van der Waals surface area contributed by atoms with Crippen LogP contribution in [-0.2, 0) is 4.12 Å². The lowest BCUT2D eigenvalue weighted by molar-refractivity contribution is 0.399. The molecule has 1 aliphatic carbocycles. The summed E-state index contributed by atoms with van der Waals surface area (Å²) in [6, 6.07) is 16.7. The smallest absolute Gasteiger partial charge is 0.180 e. The molecule has 0 bridgehead atoms. The van der Waals surface area contributed by atoms with Crippen LogP contribution in [-0.4, -0.2) is 30.9 Å². The lowest BCUT2D eigenvalue weighted by Crippen LogP contribution is -2.38. The van der Waals surface area contributed by atoms with Crippen LogP contribution in [0.2, 0.25) is 37.3 Å². The molecule has 0 spiro atoms. The van der Waals surface area contributed by atoms with Crippen molar-refractivity contribution in [3.8, 4) is 11.5 Å². The first-order chi connectivity index (χ1) is 14.8. The van der Waals surface area contributed by atoms with Crippen LogP contribution in [0.4, 0.5) is 0 Å². The van der Waals surface area contributed by atoms with Gasteiger partial charge in [-0.25, -0.2) is 0 Å². The summed E-state index contributed by atoms with van der Waals surface area (Å²) in [6.07, 6.45) is 9.57. The highest BCUT2D eigenvalue weighted by molar-refractivity contribution is 6.92. The molecular formula is C26H34O3Si2. The Hall–Kier alpha value is -2.09. The van der Waals surface area contributed by atoms with E-state index in [1.54, 1.807) is 14.2 Å². The Balaban J connectivity index is 1.83. The molecular weight excluding hydrogens is 416 g/mol. The maximum atomic E-state index is 6.89. The first-order valence-electron chi connectivity index (χ1n) is 11.1. The maximum Gasteiger partial charge on any atom is 0.180 e. The molecule has 0 amide bonds. The van der Waals surface area contributed by atoms with Crippen molar-refractivity contribution < 1.29 is 13.6 Å². The van der Waals surface area contributed by atoms with Crippen LogP contribution >= 0.6 is 0 Å². The van der Waals surface area contributed by atoms with Gasteiger partial charge in [-0.05, 0) is 55.3 Å². The predicted octanol–water partition coefficient (Wildman–Crippen LogP) is 6.87. The highest BCUT2D eigenvalue weighted by Gasteiger charge is 2.59. The molecule has 0 radical (unpaired) electrons. The average Bonchev–Trinajstić information content (AvgIpc) is 2.95. The third-order valence-electron chi connectivity index (χ3n) is 7.01.